The lowest BCUT2D eigenvalue weighted by Crippen LogP contribution is -2.41. The number of hydrogen-bond donors (Lipinski definition) is 2. The molecule has 0 saturated heterocycles. The molecule has 0 unspecified atom stereocenters. The first-order chi connectivity index (χ1) is 33.8. The van der Waals surface area contributed by atoms with Crippen molar-refractivity contribution in [2.24, 2.45) is 10.7 Å². The summed E-state index contributed by atoms with van der Waals surface area (Å²) in [6, 6.07) is 4.56. The zero-order valence-electron chi connectivity index (χ0n) is 41.1. The molecule has 0 aliphatic carbocycles. The summed E-state index contributed by atoms with van der Waals surface area (Å²) in [5.41, 5.74) is 7.50. The smallest absolute Gasteiger partial charge is 0.273 e. The normalized spacial score (nSPS) is 13.8. The Bertz CT molecular complexity index is 1900. The van der Waals surface area contributed by atoms with Gasteiger partial charge in [0.1, 0.15) is 12.4 Å². The molecule has 2 aliphatic heterocycles. The molecule has 0 spiro atoms. The number of nitrogens with one attached hydrogen (secondary N) is 1. The highest BCUT2D eigenvalue weighted by Gasteiger charge is 2.27. The first-order valence-electron chi connectivity index (χ1n) is 23.5. The molecule has 0 radical (unpaired) electrons. The number of rotatable bonds is 42. The minimum atomic E-state index is -3.87. The Kier molecular flexibility index (Phi) is 30.7. The van der Waals surface area contributed by atoms with E-state index < -0.39 is 27.7 Å². The number of ether oxygens (including phenoxy) is 10. The van der Waals surface area contributed by atoms with Crippen molar-refractivity contribution in [1.82, 2.24) is 19.6 Å². The van der Waals surface area contributed by atoms with Crippen molar-refractivity contribution >= 4 is 51.3 Å². The van der Waals surface area contributed by atoms with Crippen LogP contribution in [0.1, 0.15) is 39.2 Å². The topological polar surface area (TPSA) is 264 Å². The average molecular weight is 1020 g/mol. The van der Waals surface area contributed by atoms with E-state index in [2.05, 4.69) is 10.3 Å². The Morgan fingerprint density at radius 2 is 1.14 bits per heavy atom. The molecular formula is C46H74N6O17S. The second-order valence-corrected chi connectivity index (χ2v) is 17.7. The minimum absolute atomic E-state index is 0.0456. The summed E-state index contributed by atoms with van der Waals surface area (Å²) in [6.07, 6.45) is 4.56. The molecule has 24 heteroatoms. The van der Waals surface area contributed by atoms with Gasteiger partial charge in [-0.05, 0) is 38.5 Å². The Hall–Kier alpha value is -4.28. The Labute approximate surface area is 411 Å². The van der Waals surface area contributed by atoms with Crippen LogP contribution in [0.3, 0.4) is 0 Å². The number of carbonyl (C=O) groups is 4. The lowest BCUT2D eigenvalue weighted by Gasteiger charge is -2.24. The molecule has 0 bridgehead atoms. The number of fused-ring (bicyclic) bond motifs is 1. The molecule has 70 heavy (non-hydrogen) atoms. The lowest BCUT2D eigenvalue weighted by molar-refractivity contribution is -0.196. The molecule has 0 aromatic heterocycles. The third-order valence-corrected chi connectivity index (χ3v) is 11.5. The number of benzene rings is 1. The molecule has 2 heterocycles. The monoisotopic (exact) mass is 1010 g/mol. The molecule has 0 saturated carbocycles. The quantitative estimate of drug-likeness (QED) is 0.0523. The third-order valence-electron chi connectivity index (χ3n) is 9.61. The summed E-state index contributed by atoms with van der Waals surface area (Å²) >= 11 is 0. The van der Waals surface area contributed by atoms with Gasteiger partial charge in [0.25, 0.3) is 17.7 Å². The van der Waals surface area contributed by atoms with Crippen LogP contribution in [0.5, 0.6) is 0 Å². The van der Waals surface area contributed by atoms with Gasteiger partial charge in [-0.15, -0.1) is 0 Å². The number of amidine groups is 1. The molecular weight excluding hydrogens is 941 g/mol. The second-order valence-electron chi connectivity index (χ2n) is 15.6. The summed E-state index contributed by atoms with van der Waals surface area (Å²) < 4.78 is 82.8. The number of hydrogen-bond acceptors (Lipinski definition) is 19. The van der Waals surface area contributed by atoms with Crippen LogP contribution in [0.15, 0.2) is 45.8 Å². The van der Waals surface area contributed by atoms with E-state index in [4.69, 9.17) is 57.9 Å². The predicted octanol–water partition coefficient (Wildman–Crippen LogP) is 0.869. The van der Waals surface area contributed by atoms with E-state index in [1.807, 2.05) is 20.8 Å². The summed E-state index contributed by atoms with van der Waals surface area (Å²) in [4.78, 5) is 59.1. The third kappa shape index (κ3) is 24.7. The van der Waals surface area contributed by atoms with Crippen molar-refractivity contribution in [2.75, 3.05) is 165 Å². The number of hydroxylamine groups is 2. The van der Waals surface area contributed by atoms with Gasteiger partial charge in [-0.1, -0.05) is 13.0 Å². The summed E-state index contributed by atoms with van der Waals surface area (Å²) in [5.74, 6) is -1.56. The fourth-order valence-corrected chi connectivity index (χ4v) is 7.29. The van der Waals surface area contributed by atoms with Crippen molar-refractivity contribution in [2.45, 2.75) is 44.6 Å². The summed E-state index contributed by atoms with van der Waals surface area (Å²) in [7, 11) is -2.39. The van der Waals surface area contributed by atoms with E-state index in [-0.39, 0.29) is 68.6 Å². The summed E-state index contributed by atoms with van der Waals surface area (Å²) in [6.45, 7) is 13.7. The highest BCUT2D eigenvalue weighted by molar-refractivity contribution is 7.89. The first-order valence-corrected chi connectivity index (χ1v) is 25.0. The minimum Gasteiger partial charge on any atom is -0.387 e. The first kappa shape index (κ1) is 60.0. The van der Waals surface area contributed by atoms with Crippen molar-refractivity contribution < 1.29 is 79.8 Å². The molecule has 23 nitrogen and oxygen atoms in total. The fraction of sp³-hybridized carbons (Fsp3) is 0.674. The molecule has 1 aromatic carbocycles. The molecule has 0 atom stereocenters. The molecule has 396 valence electrons. The second kappa shape index (κ2) is 35.8. The van der Waals surface area contributed by atoms with Crippen LogP contribution in [-0.2, 0) is 81.4 Å². The van der Waals surface area contributed by atoms with E-state index in [9.17, 15) is 27.6 Å². The zero-order chi connectivity index (χ0) is 50.8. The maximum Gasteiger partial charge on any atom is 0.273 e. The van der Waals surface area contributed by atoms with Gasteiger partial charge in [0.15, 0.2) is 0 Å². The highest BCUT2D eigenvalue weighted by atomic mass is 32.2. The maximum absolute atomic E-state index is 13.4. The number of sulfonamides is 1. The number of amides is 4. The average Bonchev–Trinajstić information content (AvgIpc) is 3.53. The lowest BCUT2D eigenvalue weighted by atomic mass is 10.1. The number of nitrogens with zero attached hydrogens (tertiary/aromatic N) is 4. The van der Waals surface area contributed by atoms with Crippen LogP contribution in [0.2, 0.25) is 0 Å². The predicted molar refractivity (Wildman–Crippen MR) is 255 cm³/mol. The van der Waals surface area contributed by atoms with Gasteiger partial charge in [0.05, 0.1) is 149 Å². The van der Waals surface area contributed by atoms with Crippen LogP contribution >= 0.6 is 0 Å². The molecule has 1 aromatic rings. The van der Waals surface area contributed by atoms with Gasteiger partial charge < -0.3 is 58.4 Å². The van der Waals surface area contributed by atoms with E-state index in [1.165, 1.54) is 28.5 Å². The van der Waals surface area contributed by atoms with Gasteiger partial charge in [-0.2, -0.15) is 4.31 Å². The highest BCUT2D eigenvalue weighted by Crippen LogP contribution is 2.31. The van der Waals surface area contributed by atoms with Crippen molar-refractivity contribution in [1.29, 1.82) is 0 Å². The van der Waals surface area contributed by atoms with Crippen LogP contribution in [0.4, 0.5) is 5.69 Å². The zero-order valence-corrected chi connectivity index (χ0v) is 42.0. The van der Waals surface area contributed by atoms with Gasteiger partial charge in [0, 0.05) is 56.4 Å². The Balaban J connectivity index is 1.04. The largest absolute Gasteiger partial charge is 0.387 e. The molecule has 0 fully saturated rings. The maximum atomic E-state index is 13.4. The van der Waals surface area contributed by atoms with Crippen molar-refractivity contribution in [3.63, 3.8) is 0 Å². The van der Waals surface area contributed by atoms with E-state index in [0.717, 1.165) is 17.1 Å². The van der Waals surface area contributed by atoms with E-state index in [1.54, 1.807) is 12.1 Å². The van der Waals surface area contributed by atoms with Gasteiger partial charge >= 0.3 is 0 Å². The van der Waals surface area contributed by atoms with Crippen LogP contribution < -0.4 is 11.1 Å². The Morgan fingerprint density at radius 1 is 0.700 bits per heavy atom. The SMILES string of the molecule is CCCN(OC(C)C)C(=O)C1=Cc2ccc(S(=O)(=O)N(C)CCOCCOCCOCCOCCOCCOCCOCCOCCOCCOCCNC(=O)CN3C(=O)C=CC3=O)cc2N=C(N)C1. The van der Waals surface area contributed by atoms with Gasteiger partial charge in [-0.25, -0.2) is 18.5 Å². The van der Waals surface area contributed by atoms with Gasteiger partial charge in [-0.3, -0.25) is 28.9 Å². The van der Waals surface area contributed by atoms with Crippen LogP contribution in [0, 0.1) is 0 Å². The molecule has 2 aliphatic rings. The van der Waals surface area contributed by atoms with Gasteiger partial charge in [0.2, 0.25) is 15.9 Å². The Morgan fingerprint density at radius 3 is 1.59 bits per heavy atom. The van der Waals surface area contributed by atoms with E-state index >= 15 is 0 Å². The van der Waals surface area contributed by atoms with Crippen molar-refractivity contribution in [3.8, 4) is 0 Å². The van der Waals surface area contributed by atoms with Crippen LogP contribution in [0.25, 0.3) is 6.08 Å². The number of nitrogens with two attached hydrogens (primary N) is 1. The van der Waals surface area contributed by atoms with E-state index in [0.29, 0.717) is 142 Å². The molecule has 3 N–H and O–H groups in total. The number of aliphatic imine (C=N–C) groups is 1. The summed E-state index contributed by atoms with van der Waals surface area (Å²) in [5, 5.41) is 3.92. The molecule has 4 amide bonds. The number of carbonyl (C=O) groups excluding carboxylic acids is 4. The fourth-order valence-electron chi connectivity index (χ4n) is 6.11. The van der Waals surface area contributed by atoms with Crippen LogP contribution in [-0.4, -0.2) is 224 Å². The number of imide groups is 1. The molecule has 3 rings (SSSR count). The van der Waals surface area contributed by atoms with Crippen molar-refractivity contribution in [3.05, 3.63) is 41.5 Å². The number of likely N-dealkylation sites (N-methyl/N-ethyl adjacent to an activating group) is 1. The standard InChI is InChI=1S/C46H74N6O17S/c1-5-11-52(69-37(2)3)46(56)39-33-38-6-7-40(35-41(38)49-42(47)34-39)70(57,58)50(4)12-14-60-16-18-62-20-22-64-24-26-66-28-30-68-32-31-67-29-27-65-25-23-63-21-19-61-17-15-59-13-10-48-43(53)36-51-44(54)8-9-45(51)55/h6-9,33,35,37H,5,10-32,34,36H2,1-4H3,(H2,47,49)(H,48,53).